The molecule has 4 aromatic rings. The second-order valence-electron chi connectivity index (χ2n) is 7.51. The van der Waals surface area contributed by atoms with Gasteiger partial charge in [0, 0.05) is 11.1 Å². The average molecular weight is 488 g/mol. The Bertz CT molecular complexity index is 1490. The average Bonchev–Trinajstić information content (AvgIpc) is 3.19. The highest BCUT2D eigenvalue weighted by molar-refractivity contribution is 7.92. The van der Waals surface area contributed by atoms with Crippen molar-refractivity contribution >= 4 is 38.3 Å². The number of carbonyl (C=O) groups excluding carboxylic acids is 1. The first kappa shape index (κ1) is 23.3. The van der Waals surface area contributed by atoms with E-state index in [0.29, 0.717) is 23.1 Å². The maximum absolute atomic E-state index is 14.9. The van der Waals surface area contributed by atoms with Gasteiger partial charge in [0.2, 0.25) is 10.0 Å². The van der Waals surface area contributed by atoms with E-state index >= 15 is 0 Å². The molecule has 0 saturated carbocycles. The number of H-pyrrole nitrogens is 1. The Balaban J connectivity index is 1.60. The summed E-state index contributed by atoms with van der Waals surface area (Å²) in [5, 5.41) is 2.98. The SMILES string of the molecule is CCCS(=O)(=O)Nc1ccc(F)c(C(=O)Nc2cnc3[nH]c(-c4ccc(F)cc4)cc3c2)c1F. The predicted molar refractivity (Wildman–Crippen MR) is 123 cm³/mol. The van der Waals surface area contributed by atoms with E-state index in [-0.39, 0.29) is 17.3 Å². The molecule has 7 nitrogen and oxygen atoms in total. The summed E-state index contributed by atoms with van der Waals surface area (Å²) in [6, 6.07) is 10.8. The summed E-state index contributed by atoms with van der Waals surface area (Å²) in [5.41, 5.74) is 0.576. The minimum absolute atomic E-state index is 0.165. The molecule has 0 saturated heterocycles. The molecule has 34 heavy (non-hydrogen) atoms. The lowest BCUT2D eigenvalue weighted by Gasteiger charge is -2.12. The van der Waals surface area contributed by atoms with Crippen LogP contribution in [0, 0.1) is 17.5 Å². The molecule has 3 N–H and O–H groups in total. The molecule has 11 heteroatoms. The van der Waals surface area contributed by atoms with Crippen molar-refractivity contribution in [2.24, 2.45) is 0 Å². The summed E-state index contributed by atoms with van der Waals surface area (Å²) >= 11 is 0. The lowest BCUT2D eigenvalue weighted by molar-refractivity contribution is 0.101. The monoisotopic (exact) mass is 488 g/mol. The number of hydrogen-bond acceptors (Lipinski definition) is 4. The molecule has 176 valence electrons. The maximum Gasteiger partial charge on any atom is 0.261 e. The molecule has 0 radical (unpaired) electrons. The van der Waals surface area contributed by atoms with E-state index in [1.54, 1.807) is 31.2 Å². The van der Waals surface area contributed by atoms with Gasteiger partial charge >= 0.3 is 0 Å². The molecule has 2 aromatic heterocycles. The zero-order valence-electron chi connectivity index (χ0n) is 17.8. The topological polar surface area (TPSA) is 104 Å². The Kier molecular flexibility index (Phi) is 6.29. The van der Waals surface area contributed by atoms with Crippen LogP contribution in [0.25, 0.3) is 22.3 Å². The van der Waals surface area contributed by atoms with Gasteiger partial charge in [-0.25, -0.2) is 26.6 Å². The Morgan fingerprint density at radius 1 is 1.06 bits per heavy atom. The lowest BCUT2D eigenvalue weighted by atomic mass is 10.1. The quantitative estimate of drug-likeness (QED) is 0.339. The normalized spacial score (nSPS) is 11.5. The number of hydrogen-bond donors (Lipinski definition) is 3. The highest BCUT2D eigenvalue weighted by atomic mass is 32.2. The number of amides is 1. The third kappa shape index (κ3) is 4.88. The van der Waals surface area contributed by atoms with Crippen LogP contribution in [0.5, 0.6) is 0 Å². The van der Waals surface area contributed by atoms with Gasteiger partial charge in [-0.2, -0.15) is 0 Å². The van der Waals surface area contributed by atoms with Crippen LogP contribution in [0.4, 0.5) is 24.5 Å². The highest BCUT2D eigenvalue weighted by Crippen LogP contribution is 2.27. The molecular formula is C23H19F3N4O3S. The number of fused-ring (bicyclic) bond motifs is 1. The number of benzene rings is 2. The van der Waals surface area contributed by atoms with Gasteiger partial charge < -0.3 is 10.3 Å². The van der Waals surface area contributed by atoms with Gasteiger partial charge in [-0.1, -0.05) is 6.92 Å². The zero-order valence-corrected chi connectivity index (χ0v) is 18.6. The van der Waals surface area contributed by atoms with Crippen molar-refractivity contribution < 1.29 is 26.4 Å². The van der Waals surface area contributed by atoms with Crippen molar-refractivity contribution in [3.63, 3.8) is 0 Å². The summed E-state index contributed by atoms with van der Waals surface area (Å²) in [7, 11) is -3.85. The third-order valence-electron chi connectivity index (χ3n) is 4.94. The number of pyridine rings is 1. The summed E-state index contributed by atoms with van der Waals surface area (Å²) in [4.78, 5) is 19.9. The summed E-state index contributed by atoms with van der Waals surface area (Å²) < 4.78 is 68.3. The molecule has 4 rings (SSSR count). The number of aromatic amines is 1. The Morgan fingerprint density at radius 2 is 1.79 bits per heavy atom. The molecule has 0 aliphatic rings. The summed E-state index contributed by atoms with van der Waals surface area (Å²) in [6.45, 7) is 1.64. The van der Waals surface area contributed by atoms with Gasteiger partial charge in [0.05, 0.1) is 23.3 Å². The van der Waals surface area contributed by atoms with E-state index < -0.39 is 38.8 Å². The molecule has 0 atom stereocenters. The Morgan fingerprint density at radius 3 is 2.50 bits per heavy atom. The van der Waals surface area contributed by atoms with E-state index in [2.05, 4.69) is 15.3 Å². The van der Waals surface area contributed by atoms with Gasteiger partial charge in [0.15, 0.2) is 5.82 Å². The first-order chi connectivity index (χ1) is 16.2. The highest BCUT2D eigenvalue weighted by Gasteiger charge is 2.23. The van der Waals surface area contributed by atoms with Gasteiger partial charge in [-0.3, -0.25) is 9.52 Å². The number of carbonyl (C=O) groups is 1. The molecule has 0 bridgehead atoms. The first-order valence-corrected chi connectivity index (χ1v) is 11.9. The van der Waals surface area contributed by atoms with Crippen molar-refractivity contribution in [3.8, 4) is 11.3 Å². The van der Waals surface area contributed by atoms with Crippen LogP contribution in [0.2, 0.25) is 0 Å². The van der Waals surface area contributed by atoms with E-state index in [1.807, 2.05) is 4.72 Å². The molecule has 0 spiro atoms. The fourth-order valence-electron chi connectivity index (χ4n) is 3.39. The predicted octanol–water partition coefficient (Wildman–Crippen LogP) is 5.05. The van der Waals surface area contributed by atoms with Crippen molar-refractivity contribution in [1.29, 1.82) is 0 Å². The van der Waals surface area contributed by atoms with Crippen LogP contribution in [0.15, 0.2) is 54.7 Å². The van der Waals surface area contributed by atoms with E-state index in [4.69, 9.17) is 0 Å². The molecule has 0 fully saturated rings. The van der Waals surface area contributed by atoms with Crippen molar-refractivity contribution in [2.45, 2.75) is 13.3 Å². The van der Waals surface area contributed by atoms with E-state index in [0.717, 1.165) is 17.7 Å². The van der Waals surface area contributed by atoms with Gasteiger partial charge in [-0.15, -0.1) is 0 Å². The second-order valence-corrected chi connectivity index (χ2v) is 9.35. The van der Waals surface area contributed by atoms with Crippen LogP contribution in [0.3, 0.4) is 0 Å². The van der Waals surface area contributed by atoms with Crippen molar-refractivity contribution in [3.05, 3.63) is 77.7 Å². The molecule has 0 aliphatic heterocycles. The molecule has 2 heterocycles. The van der Waals surface area contributed by atoms with E-state index in [1.165, 1.54) is 18.3 Å². The number of halogens is 3. The van der Waals surface area contributed by atoms with Gasteiger partial charge in [0.1, 0.15) is 22.8 Å². The number of sulfonamides is 1. The Labute approximate surface area is 193 Å². The van der Waals surface area contributed by atoms with Crippen LogP contribution >= 0.6 is 0 Å². The molecule has 0 aliphatic carbocycles. The molecule has 2 aromatic carbocycles. The van der Waals surface area contributed by atoms with Crippen LogP contribution in [0.1, 0.15) is 23.7 Å². The fourth-order valence-corrected chi connectivity index (χ4v) is 4.52. The zero-order chi connectivity index (χ0) is 24.5. The second kappa shape index (κ2) is 9.18. The van der Waals surface area contributed by atoms with Crippen LogP contribution < -0.4 is 10.0 Å². The lowest BCUT2D eigenvalue weighted by Crippen LogP contribution is -2.20. The number of nitrogens with zero attached hydrogens (tertiary/aromatic N) is 1. The van der Waals surface area contributed by atoms with Crippen molar-refractivity contribution in [1.82, 2.24) is 9.97 Å². The number of aromatic nitrogens is 2. The third-order valence-corrected chi connectivity index (χ3v) is 6.42. The fraction of sp³-hybridized carbons (Fsp3) is 0.130. The first-order valence-electron chi connectivity index (χ1n) is 10.2. The summed E-state index contributed by atoms with van der Waals surface area (Å²) in [5.74, 6) is -4.21. The smallest absolute Gasteiger partial charge is 0.261 e. The van der Waals surface area contributed by atoms with Crippen LogP contribution in [-0.2, 0) is 10.0 Å². The minimum Gasteiger partial charge on any atom is -0.339 e. The van der Waals surface area contributed by atoms with Gasteiger partial charge in [-0.05, 0) is 60.5 Å². The minimum atomic E-state index is -3.85. The molecular weight excluding hydrogens is 469 g/mol. The summed E-state index contributed by atoms with van der Waals surface area (Å²) in [6.07, 6.45) is 1.60. The van der Waals surface area contributed by atoms with E-state index in [9.17, 15) is 26.4 Å². The maximum atomic E-state index is 14.9. The standard InChI is InChI=1S/C23H19F3N4O3S/c1-2-9-34(32,33)30-18-8-7-17(25)20(21(18)26)23(31)28-16-10-14-11-19(29-22(14)27-12-16)13-3-5-15(24)6-4-13/h3-8,10-12,30H,2,9H2,1H3,(H,27,29)(H,28,31). The molecule has 0 unspecified atom stereocenters. The van der Waals surface area contributed by atoms with Gasteiger partial charge in [0.25, 0.3) is 5.91 Å². The largest absolute Gasteiger partial charge is 0.339 e. The molecule has 1 amide bonds. The number of rotatable bonds is 7. The van der Waals surface area contributed by atoms with Crippen molar-refractivity contribution in [2.75, 3.05) is 15.8 Å². The number of nitrogens with one attached hydrogen (secondary N) is 3. The number of anilines is 2. The van der Waals surface area contributed by atoms with Crippen LogP contribution in [-0.4, -0.2) is 30.0 Å². The Hall–Kier alpha value is -3.86.